The highest BCUT2D eigenvalue weighted by Crippen LogP contribution is 2.29. The highest BCUT2D eigenvalue weighted by Gasteiger charge is 2.15. The lowest BCUT2D eigenvalue weighted by Crippen LogP contribution is -2.03. The van der Waals surface area contributed by atoms with Gasteiger partial charge in [-0.25, -0.2) is 4.39 Å². The molecule has 4 heteroatoms. The van der Waals surface area contributed by atoms with Crippen LogP contribution in [0.1, 0.15) is 22.8 Å². The second kappa shape index (κ2) is 5.59. The Balaban J connectivity index is 2.38. The molecule has 2 nitrogen and oxygen atoms in total. The van der Waals surface area contributed by atoms with Crippen LogP contribution in [-0.4, -0.2) is 12.2 Å². The zero-order valence-electron chi connectivity index (χ0n) is 10.7. The number of rotatable bonds is 3. The number of aliphatic hydroxyl groups excluding tert-OH is 1. The Morgan fingerprint density at radius 1 is 1.21 bits per heavy atom. The third-order valence-corrected chi connectivity index (χ3v) is 3.34. The Kier molecular flexibility index (Phi) is 4.08. The molecule has 0 heterocycles. The van der Waals surface area contributed by atoms with Crippen LogP contribution in [0, 0.1) is 12.7 Å². The molecule has 0 aliphatic carbocycles. The number of hydrogen-bond donors (Lipinski definition) is 1. The summed E-state index contributed by atoms with van der Waals surface area (Å²) in [6.45, 7) is 1.87. The van der Waals surface area contributed by atoms with Gasteiger partial charge in [-0.2, -0.15) is 0 Å². The summed E-state index contributed by atoms with van der Waals surface area (Å²) >= 11 is 5.63. The van der Waals surface area contributed by atoms with E-state index in [0.717, 1.165) is 11.3 Å². The third-order valence-electron chi connectivity index (χ3n) is 3.03. The van der Waals surface area contributed by atoms with E-state index in [4.69, 9.17) is 16.3 Å². The summed E-state index contributed by atoms with van der Waals surface area (Å²) in [4.78, 5) is 0. The lowest BCUT2D eigenvalue weighted by atomic mass is 9.97. The van der Waals surface area contributed by atoms with E-state index in [1.807, 2.05) is 13.0 Å². The van der Waals surface area contributed by atoms with Crippen molar-refractivity contribution in [1.82, 2.24) is 0 Å². The second-order valence-electron chi connectivity index (χ2n) is 4.30. The number of aryl methyl sites for hydroxylation is 1. The van der Waals surface area contributed by atoms with Crippen molar-refractivity contribution in [3.8, 4) is 5.75 Å². The summed E-state index contributed by atoms with van der Waals surface area (Å²) in [7, 11) is 1.58. The molecule has 19 heavy (non-hydrogen) atoms. The largest absolute Gasteiger partial charge is 0.497 e. The Hall–Kier alpha value is -1.58. The van der Waals surface area contributed by atoms with Crippen LogP contribution in [0.5, 0.6) is 5.75 Å². The van der Waals surface area contributed by atoms with Crippen molar-refractivity contribution in [2.24, 2.45) is 0 Å². The Labute approximate surface area is 116 Å². The van der Waals surface area contributed by atoms with Gasteiger partial charge in [0.2, 0.25) is 0 Å². The first-order chi connectivity index (χ1) is 9.02. The predicted molar refractivity (Wildman–Crippen MR) is 73.2 cm³/mol. The molecule has 2 aromatic carbocycles. The van der Waals surface area contributed by atoms with Gasteiger partial charge >= 0.3 is 0 Å². The molecule has 1 atom stereocenters. The Morgan fingerprint density at radius 2 is 1.95 bits per heavy atom. The minimum Gasteiger partial charge on any atom is -0.497 e. The van der Waals surface area contributed by atoms with E-state index in [1.165, 1.54) is 12.1 Å². The zero-order chi connectivity index (χ0) is 14.0. The first-order valence-corrected chi connectivity index (χ1v) is 6.18. The maximum absolute atomic E-state index is 13.4. The van der Waals surface area contributed by atoms with Gasteiger partial charge in [0.1, 0.15) is 17.7 Å². The van der Waals surface area contributed by atoms with E-state index in [-0.39, 0.29) is 5.02 Å². The quantitative estimate of drug-likeness (QED) is 0.924. The van der Waals surface area contributed by atoms with Gasteiger partial charge < -0.3 is 9.84 Å². The monoisotopic (exact) mass is 280 g/mol. The molecule has 0 saturated carbocycles. The maximum atomic E-state index is 13.4. The summed E-state index contributed by atoms with van der Waals surface area (Å²) in [5, 5.41) is 10.3. The van der Waals surface area contributed by atoms with Crippen LogP contribution < -0.4 is 4.74 Å². The molecular weight excluding hydrogens is 267 g/mol. The fraction of sp³-hybridized carbons (Fsp3) is 0.200. The van der Waals surface area contributed by atoms with Gasteiger partial charge in [0.15, 0.2) is 0 Å². The summed E-state index contributed by atoms with van der Waals surface area (Å²) in [6, 6.07) is 9.65. The molecule has 2 rings (SSSR count). The van der Waals surface area contributed by atoms with Crippen LogP contribution in [0.2, 0.25) is 5.02 Å². The molecule has 2 aromatic rings. The zero-order valence-corrected chi connectivity index (χ0v) is 11.4. The minimum absolute atomic E-state index is 0.0439. The first-order valence-electron chi connectivity index (χ1n) is 5.80. The molecule has 0 aromatic heterocycles. The van der Waals surface area contributed by atoms with E-state index in [0.29, 0.717) is 11.1 Å². The Morgan fingerprint density at radius 3 is 2.53 bits per heavy atom. The van der Waals surface area contributed by atoms with Crippen molar-refractivity contribution in [2.45, 2.75) is 13.0 Å². The lowest BCUT2D eigenvalue weighted by molar-refractivity contribution is 0.219. The Bertz CT molecular complexity index is 599. The highest BCUT2D eigenvalue weighted by atomic mass is 35.5. The minimum atomic E-state index is -0.891. The summed E-state index contributed by atoms with van der Waals surface area (Å²) in [5.41, 5.74) is 2.06. The normalized spacial score (nSPS) is 12.3. The van der Waals surface area contributed by atoms with Gasteiger partial charge in [-0.15, -0.1) is 0 Å². The molecule has 0 spiro atoms. The molecule has 100 valence electrons. The van der Waals surface area contributed by atoms with Crippen molar-refractivity contribution in [2.75, 3.05) is 7.11 Å². The van der Waals surface area contributed by atoms with Gasteiger partial charge in [-0.1, -0.05) is 23.7 Å². The van der Waals surface area contributed by atoms with E-state index in [1.54, 1.807) is 25.3 Å². The maximum Gasteiger partial charge on any atom is 0.142 e. The van der Waals surface area contributed by atoms with E-state index < -0.39 is 11.9 Å². The smallest absolute Gasteiger partial charge is 0.142 e. The van der Waals surface area contributed by atoms with E-state index >= 15 is 0 Å². The molecule has 0 aliphatic heterocycles. The number of benzene rings is 2. The van der Waals surface area contributed by atoms with Crippen LogP contribution in [0.15, 0.2) is 36.4 Å². The molecule has 0 aliphatic rings. The van der Waals surface area contributed by atoms with Crippen molar-refractivity contribution in [3.05, 3.63) is 63.9 Å². The molecule has 0 radical (unpaired) electrons. The average Bonchev–Trinajstić information content (AvgIpc) is 2.41. The van der Waals surface area contributed by atoms with Crippen LogP contribution in [0.3, 0.4) is 0 Å². The van der Waals surface area contributed by atoms with Crippen LogP contribution in [0.4, 0.5) is 4.39 Å². The lowest BCUT2D eigenvalue weighted by Gasteiger charge is -2.15. The molecule has 1 unspecified atom stereocenters. The van der Waals surface area contributed by atoms with Gasteiger partial charge in [-0.05, 0) is 47.9 Å². The third kappa shape index (κ3) is 2.88. The molecule has 1 N–H and O–H groups in total. The highest BCUT2D eigenvalue weighted by molar-refractivity contribution is 6.30. The molecule has 0 fully saturated rings. The number of ether oxygens (including phenoxy) is 1. The van der Waals surface area contributed by atoms with Crippen molar-refractivity contribution in [3.63, 3.8) is 0 Å². The predicted octanol–water partition coefficient (Wildman–Crippen LogP) is 3.88. The molecular formula is C15H14ClFO2. The van der Waals surface area contributed by atoms with Crippen LogP contribution >= 0.6 is 11.6 Å². The van der Waals surface area contributed by atoms with Crippen molar-refractivity contribution in [1.29, 1.82) is 0 Å². The van der Waals surface area contributed by atoms with Gasteiger partial charge in [0, 0.05) is 0 Å². The number of methoxy groups -OCH3 is 1. The average molecular weight is 281 g/mol. The standard InChI is InChI=1S/C15H14ClFO2/c1-9-7-11(19-2)4-5-12(9)15(18)10-3-6-13(16)14(17)8-10/h3-8,15,18H,1-2H3. The van der Waals surface area contributed by atoms with Gasteiger partial charge in [-0.3, -0.25) is 0 Å². The van der Waals surface area contributed by atoms with E-state index in [9.17, 15) is 9.50 Å². The molecule has 0 amide bonds. The van der Waals surface area contributed by atoms with Gasteiger partial charge in [0.05, 0.1) is 12.1 Å². The summed E-state index contributed by atoms with van der Waals surface area (Å²) in [6.07, 6.45) is -0.891. The topological polar surface area (TPSA) is 29.5 Å². The van der Waals surface area contributed by atoms with Crippen molar-refractivity contribution < 1.29 is 14.2 Å². The van der Waals surface area contributed by atoms with Crippen LogP contribution in [0.25, 0.3) is 0 Å². The SMILES string of the molecule is COc1ccc(C(O)c2ccc(Cl)c(F)c2)c(C)c1. The molecule has 0 saturated heterocycles. The number of hydrogen-bond acceptors (Lipinski definition) is 2. The number of halogens is 2. The van der Waals surface area contributed by atoms with E-state index in [2.05, 4.69) is 0 Å². The molecule has 0 bridgehead atoms. The fourth-order valence-electron chi connectivity index (χ4n) is 1.94. The summed E-state index contributed by atoms with van der Waals surface area (Å²) in [5.74, 6) is 0.181. The van der Waals surface area contributed by atoms with Crippen LogP contribution in [-0.2, 0) is 0 Å². The summed E-state index contributed by atoms with van der Waals surface area (Å²) < 4.78 is 18.5. The number of aliphatic hydroxyl groups is 1. The van der Waals surface area contributed by atoms with Crippen molar-refractivity contribution >= 4 is 11.6 Å². The first kappa shape index (κ1) is 13.8. The fourth-order valence-corrected chi connectivity index (χ4v) is 2.06. The second-order valence-corrected chi connectivity index (χ2v) is 4.71. The van der Waals surface area contributed by atoms with Gasteiger partial charge in [0.25, 0.3) is 0 Å².